The van der Waals surface area contributed by atoms with Crippen LogP contribution in [0.25, 0.3) is 22.3 Å². The number of esters is 1. The third-order valence-corrected chi connectivity index (χ3v) is 15.1. The summed E-state index contributed by atoms with van der Waals surface area (Å²) in [5, 5.41) is 65.5. The normalized spacial score (nSPS) is 23.5. The van der Waals surface area contributed by atoms with Crippen LogP contribution in [0, 0.1) is 18.7 Å². The van der Waals surface area contributed by atoms with Gasteiger partial charge in [0.15, 0.2) is 11.9 Å². The lowest BCUT2D eigenvalue weighted by Crippen LogP contribution is -2.61. The molecular weight excluding hydrogens is 1060 g/mol. The highest BCUT2D eigenvalue weighted by molar-refractivity contribution is 6.12. The summed E-state index contributed by atoms with van der Waals surface area (Å²) >= 11 is 0. The lowest BCUT2D eigenvalue weighted by molar-refractivity contribution is -0.301. The van der Waals surface area contributed by atoms with E-state index in [9.17, 15) is 68.7 Å². The second-order valence-corrected chi connectivity index (χ2v) is 20.6. The maximum Gasteiger partial charge on any atom is 0.343 e. The minimum absolute atomic E-state index is 0.0152. The summed E-state index contributed by atoms with van der Waals surface area (Å²) in [6.45, 7) is 3.00. The number of hydrogen-bond donors (Lipinski definition) is 10. The van der Waals surface area contributed by atoms with Crippen molar-refractivity contribution in [2.45, 2.75) is 140 Å². The Labute approximate surface area is 456 Å². The molecule has 8 rings (SSSR count). The van der Waals surface area contributed by atoms with Gasteiger partial charge in [0.1, 0.15) is 62.3 Å². The number of cyclic esters (lactones) is 1. The van der Waals surface area contributed by atoms with E-state index < -0.39 is 152 Å². The van der Waals surface area contributed by atoms with E-state index in [0.717, 1.165) is 4.90 Å². The van der Waals surface area contributed by atoms with Gasteiger partial charge >= 0.3 is 5.97 Å². The largest absolute Gasteiger partial charge is 0.458 e. The van der Waals surface area contributed by atoms with Crippen LogP contribution in [-0.4, -0.2) is 170 Å². The molecule has 4 aliphatic heterocycles. The molecule has 10 N–H and O–H groups in total. The number of hydrogen-bond acceptors (Lipinski definition) is 19. The van der Waals surface area contributed by atoms with E-state index >= 15 is 4.39 Å². The van der Waals surface area contributed by atoms with E-state index in [1.165, 1.54) is 28.9 Å². The third kappa shape index (κ3) is 12.0. The zero-order valence-corrected chi connectivity index (χ0v) is 44.4. The number of amides is 7. The van der Waals surface area contributed by atoms with Crippen LogP contribution in [-0.2, 0) is 82.5 Å². The number of pyridine rings is 2. The Balaban J connectivity index is 0.873. The molecule has 6 heterocycles. The number of aryl methyl sites for hydroxylation is 1. The number of ether oxygens (including phenoxy) is 4. The maximum atomic E-state index is 15.4. The fourth-order valence-corrected chi connectivity index (χ4v) is 10.6. The summed E-state index contributed by atoms with van der Waals surface area (Å²) in [5.41, 5.74) is 0.811. The second kappa shape index (κ2) is 24.7. The Morgan fingerprint density at radius 2 is 1.65 bits per heavy atom. The van der Waals surface area contributed by atoms with Gasteiger partial charge in [-0.2, -0.15) is 0 Å². The van der Waals surface area contributed by atoms with Crippen molar-refractivity contribution in [1.82, 2.24) is 41.0 Å². The lowest BCUT2D eigenvalue weighted by atomic mass is 9.81. The van der Waals surface area contributed by atoms with Gasteiger partial charge in [-0.1, -0.05) is 27.2 Å². The summed E-state index contributed by atoms with van der Waals surface area (Å²) in [5.74, 6) is -6.53. The van der Waals surface area contributed by atoms with Gasteiger partial charge in [-0.05, 0) is 67.7 Å². The summed E-state index contributed by atoms with van der Waals surface area (Å²) < 4.78 is 38.5. The van der Waals surface area contributed by atoms with E-state index in [0.29, 0.717) is 71.1 Å². The van der Waals surface area contributed by atoms with Crippen molar-refractivity contribution < 1.29 is 87.2 Å². The number of fused-ring (bicyclic) bond motifs is 5. The molecule has 1 aromatic carbocycles. The number of halogens is 1. The first-order valence-corrected chi connectivity index (χ1v) is 26.4. The van der Waals surface area contributed by atoms with Gasteiger partial charge in [0, 0.05) is 47.7 Å². The van der Waals surface area contributed by atoms with Crippen molar-refractivity contribution in [3.63, 3.8) is 0 Å². The van der Waals surface area contributed by atoms with Crippen LogP contribution in [0.15, 0.2) is 29.1 Å². The summed E-state index contributed by atoms with van der Waals surface area (Å²) in [4.78, 5) is 123. The number of carbonyl (C=O) groups excluding carboxylic acids is 8. The fourth-order valence-electron chi connectivity index (χ4n) is 10.6. The first kappa shape index (κ1) is 59.0. The SMILES string of the molecule is CC[C@@]1(O)C(=O)OCc2c1cc1n(c2=O)Cc2c-1nc1cc(F)c(C)c3c1c2[C@@H](NC(=O)COCNC(=O)CNC(=O)[C@H](CO[C@@H]1O[C@H](CO)[C@H](O)[C@H](O)[C@H]1O)NC(=O)[C@@H](NC(=O)CCCCCN1C(=O)C=CC1=O)C(C)C)CC3. The van der Waals surface area contributed by atoms with Crippen LogP contribution < -0.4 is 32.1 Å². The van der Waals surface area contributed by atoms with E-state index in [4.69, 9.17) is 23.9 Å². The van der Waals surface area contributed by atoms with Gasteiger partial charge < -0.3 is 75.6 Å². The minimum Gasteiger partial charge on any atom is -0.458 e. The number of unbranched alkanes of at least 4 members (excludes halogenated alkanes) is 2. The van der Waals surface area contributed by atoms with Crippen molar-refractivity contribution in [3.05, 3.63) is 73.8 Å². The molecule has 26 nitrogen and oxygen atoms in total. The molecule has 1 saturated heterocycles. The molecule has 2 aromatic heterocycles. The monoisotopic (exact) mass is 1120 g/mol. The topological polar surface area (TPSA) is 373 Å². The van der Waals surface area contributed by atoms with Crippen LogP contribution in [0.4, 0.5) is 4.39 Å². The Morgan fingerprint density at radius 1 is 0.912 bits per heavy atom. The molecule has 0 bridgehead atoms. The molecule has 3 aromatic rings. The van der Waals surface area contributed by atoms with Crippen molar-refractivity contribution in [1.29, 1.82) is 0 Å². The molecule has 9 atom stereocenters. The first-order valence-electron chi connectivity index (χ1n) is 26.4. The van der Waals surface area contributed by atoms with Gasteiger partial charge in [0.05, 0.1) is 54.8 Å². The molecule has 7 amide bonds. The highest BCUT2D eigenvalue weighted by atomic mass is 19.1. The van der Waals surface area contributed by atoms with Crippen molar-refractivity contribution >= 4 is 58.2 Å². The second-order valence-electron chi connectivity index (χ2n) is 20.6. The van der Waals surface area contributed by atoms with Gasteiger partial charge in [-0.25, -0.2) is 14.2 Å². The standard InChI is InChI=1S/C53H65FN8O18/c1-5-53(76)29-15-34-44-27(18-62(34)50(74)28(29)20-79-52(53)75)42-31(11-10-26-25(4)30(54)16-32(58-44)41(26)42)57-38(66)22-77-23-56-37(65)17-55-48(72)33(21-78-51-47(71)46(70)45(69)35(19-63)80-51)59-49(73)43(24(2)3)60-36(64)9-7-6-8-14-61-39(67)12-13-40(61)68/h12-13,15-16,24,31,33,35,43,45-47,51,63,69-71,76H,5-11,14,17-23H2,1-4H3,(H,55,72)(H,56,65)(H,57,66)(H,59,73)(H,60,64)/t31-,33-,35+,43-,45-,46-,47+,51+,53-/m0/s1. The first-order chi connectivity index (χ1) is 38.1. The maximum absolute atomic E-state index is 15.4. The Morgan fingerprint density at radius 3 is 2.35 bits per heavy atom. The molecule has 1 aliphatic carbocycles. The van der Waals surface area contributed by atoms with Crippen molar-refractivity contribution in [3.8, 4) is 11.4 Å². The molecular formula is C53H65FN8O18. The van der Waals surface area contributed by atoms with Crippen LogP contribution in [0.3, 0.4) is 0 Å². The van der Waals surface area contributed by atoms with Gasteiger partial charge in [0.2, 0.25) is 29.5 Å². The van der Waals surface area contributed by atoms with Crippen molar-refractivity contribution in [2.75, 3.05) is 39.6 Å². The summed E-state index contributed by atoms with van der Waals surface area (Å²) in [7, 11) is 0. The number of nitrogens with one attached hydrogen (secondary N) is 5. The highest BCUT2D eigenvalue weighted by Crippen LogP contribution is 2.46. The number of benzene rings is 1. The molecule has 80 heavy (non-hydrogen) atoms. The Kier molecular flexibility index (Phi) is 18.2. The molecule has 0 radical (unpaired) electrons. The average Bonchev–Trinajstić information content (AvgIpc) is 4.10. The van der Waals surface area contributed by atoms with E-state index in [1.54, 1.807) is 27.7 Å². The molecule has 27 heteroatoms. The van der Waals surface area contributed by atoms with Gasteiger partial charge in [0.25, 0.3) is 17.4 Å². The van der Waals surface area contributed by atoms with Crippen LogP contribution in [0.5, 0.6) is 0 Å². The van der Waals surface area contributed by atoms with Crippen LogP contribution in [0.2, 0.25) is 0 Å². The molecule has 0 saturated carbocycles. The van der Waals surface area contributed by atoms with Gasteiger partial charge in [-0.15, -0.1) is 0 Å². The van der Waals surface area contributed by atoms with Gasteiger partial charge in [-0.3, -0.25) is 43.3 Å². The van der Waals surface area contributed by atoms with E-state index in [-0.39, 0.29) is 49.2 Å². The average molecular weight is 1120 g/mol. The Hall–Kier alpha value is -7.11. The minimum atomic E-state index is -2.08. The molecule has 0 spiro atoms. The van der Waals surface area contributed by atoms with E-state index in [1.807, 2.05) is 0 Å². The molecule has 0 unspecified atom stereocenters. The molecule has 1 fully saturated rings. The zero-order chi connectivity index (χ0) is 57.9. The third-order valence-electron chi connectivity index (χ3n) is 15.1. The van der Waals surface area contributed by atoms with Crippen molar-refractivity contribution in [2.24, 2.45) is 5.92 Å². The Bertz CT molecular complexity index is 3060. The smallest absolute Gasteiger partial charge is 0.343 e. The zero-order valence-electron chi connectivity index (χ0n) is 44.4. The number of aliphatic hydroxyl groups is 5. The molecule has 432 valence electrons. The van der Waals surface area contributed by atoms with Crippen LogP contribution >= 0.6 is 0 Å². The number of carbonyl (C=O) groups is 8. The summed E-state index contributed by atoms with van der Waals surface area (Å²) in [6, 6.07) is -0.709. The van der Waals surface area contributed by atoms with E-state index in [2.05, 4.69) is 26.6 Å². The highest BCUT2D eigenvalue weighted by Gasteiger charge is 2.47. The number of nitrogens with zero attached hydrogens (tertiary/aromatic N) is 3. The predicted molar refractivity (Wildman–Crippen MR) is 273 cm³/mol. The summed E-state index contributed by atoms with van der Waals surface area (Å²) in [6.07, 6.45) is -4.29. The number of rotatable bonds is 23. The number of imide groups is 1. The fraction of sp³-hybridized carbons (Fsp3) is 0.547. The quantitative estimate of drug-likeness (QED) is 0.0163. The van der Waals surface area contributed by atoms with Crippen LogP contribution in [0.1, 0.15) is 98.7 Å². The predicted octanol–water partition coefficient (Wildman–Crippen LogP) is -2.24. The lowest BCUT2D eigenvalue weighted by Gasteiger charge is -2.40. The number of aliphatic hydroxyl groups excluding tert-OH is 4. The molecule has 5 aliphatic rings. The number of aromatic nitrogens is 2.